The topological polar surface area (TPSA) is 90.6 Å². The van der Waals surface area contributed by atoms with Gasteiger partial charge in [0, 0.05) is 35.1 Å². The van der Waals surface area contributed by atoms with Crippen molar-refractivity contribution in [2.24, 2.45) is 0 Å². The van der Waals surface area contributed by atoms with Crippen molar-refractivity contribution in [2.45, 2.75) is 33.1 Å². The number of amides is 1. The molecule has 2 rings (SSSR count). The lowest BCUT2D eigenvalue weighted by molar-refractivity contribution is 0.102. The zero-order valence-electron chi connectivity index (χ0n) is 12.0. The number of nitrogens with zero attached hydrogens (tertiary/aromatic N) is 1. The molecule has 0 spiro atoms. The van der Waals surface area contributed by atoms with Gasteiger partial charge >= 0.3 is 0 Å². The van der Waals surface area contributed by atoms with Crippen LogP contribution in [0, 0.1) is 6.92 Å². The van der Waals surface area contributed by atoms with Crippen LogP contribution < -0.4 is 10.7 Å². The zero-order chi connectivity index (χ0) is 14.9. The number of carbonyl (C=O) groups is 1. The third kappa shape index (κ3) is 2.96. The van der Waals surface area contributed by atoms with Crippen molar-refractivity contribution in [3.63, 3.8) is 0 Å². The van der Waals surface area contributed by atoms with Crippen molar-refractivity contribution >= 4 is 11.7 Å². The van der Waals surface area contributed by atoms with Gasteiger partial charge in [-0.05, 0) is 6.92 Å². The van der Waals surface area contributed by atoms with Crippen molar-refractivity contribution < 1.29 is 4.79 Å². The molecule has 0 aliphatic carbocycles. The highest BCUT2D eigenvalue weighted by molar-refractivity contribution is 6.03. The summed E-state index contributed by atoms with van der Waals surface area (Å²) in [7, 11) is 0. The summed E-state index contributed by atoms with van der Waals surface area (Å²) in [6, 6.07) is 3.15. The van der Waals surface area contributed by atoms with Crippen LogP contribution in [0.25, 0.3) is 0 Å². The van der Waals surface area contributed by atoms with E-state index in [1.165, 1.54) is 12.3 Å². The third-order valence-corrected chi connectivity index (χ3v) is 2.93. The monoisotopic (exact) mass is 274 g/mol. The standard InChI is InChI=1S/C14H18N4O2/c1-8-5-10(19)9(7-15-8)13(20)16-12-6-11(17-18-12)14(2,3)4/h5-7H,1-4H3,(H,15,19)(H2,16,17,18,20). The number of H-pyrrole nitrogens is 2. The Morgan fingerprint density at radius 3 is 2.55 bits per heavy atom. The lowest BCUT2D eigenvalue weighted by Gasteiger charge is -2.14. The highest BCUT2D eigenvalue weighted by Crippen LogP contribution is 2.21. The molecule has 0 radical (unpaired) electrons. The van der Waals surface area contributed by atoms with Gasteiger partial charge in [0.2, 0.25) is 0 Å². The normalized spacial score (nSPS) is 11.4. The highest BCUT2D eigenvalue weighted by atomic mass is 16.2. The first-order valence-corrected chi connectivity index (χ1v) is 6.34. The summed E-state index contributed by atoms with van der Waals surface area (Å²) >= 11 is 0. The second-order valence-electron chi connectivity index (χ2n) is 5.76. The molecule has 1 amide bonds. The van der Waals surface area contributed by atoms with Crippen LogP contribution >= 0.6 is 0 Å². The molecule has 2 aromatic heterocycles. The Bertz CT molecular complexity index is 692. The Kier molecular flexibility index (Phi) is 3.48. The first-order valence-electron chi connectivity index (χ1n) is 6.34. The van der Waals surface area contributed by atoms with E-state index in [1.807, 2.05) is 20.8 Å². The number of hydrogen-bond acceptors (Lipinski definition) is 3. The maximum atomic E-state index is 12.0. The van der Waals surface area contributed by atoms with Gasteiger partial charge in [-0.1, -0.05) is 20.8 Å². The predicted octanol–water partition coefficient (Wildman–Crippen LogP) is 1.96. The number of aromatic amines is 2. The minimum atomic E-state index is -0.474. The molecule has 0 aliphatic heterocycles. The molecule has 0 saturated carbocycles. The highest BCUT2D eigenvalue weighted by Gasteiger charge is 2.18. The first kappa shape index (κ1) is 14.0. The van der Waals surface area contributed by atoms with E-state index in [-0.39, 0.29) is 16.4 Å². The molecule has 6 heteroatoms. The van der Waals surface area contributed by atoms with Crippen molar-refractivity contribution in [1.82, 2.24) is 15.2 Å². The molecule has 0 aromatic carbocycles. The second kappa shape index (κ2) is 4.96. The second-order valence-corrected chi connectivity index (χ2v) is 5.76. The smallest absolute Gasteiger partial charge is 0.262 e. The molecule has 2 heterocycles. The third-order valence-electron chi connectivity index (χ3n) is 2.93. The van der Waals surface area contributed by atoms with E-state index in [1.54, 1.807) is 13.0 Å². The minimum absolute atomic E-state index is 0.0657. The van der Waals surface area contributed by atoms with Crippen molar-refractivity contribution in [3.05, 3.63) is 45.5 Å². The van der Waals surface area contributed by atoms with Crippen molar-refractivity contribution in [2.75, 3.05) is 5.32 Å². The molecule has 20 heavy (non-hydrogen) atoms. The largest absolute Gasteiger partial charge is 0.364 e. The summed E-state index contributed by atoms with van der Waals surface area (Å²) in [5, 5.41) is 9.51. The summed E-state index contributed by atoms with van der Waals surface area (Å²) in [6.07, 6.45) is 1.41. The number of aromatic nitrogens is 3. The fourth-order valence-corrected chi connectivity index (χ4v) is 1.70. The van der Waals surface area contributed by atoms with Crippen LogP contribution in [-0.2, 0) is 5.41 Å². The predicted molar refractivity (Wildman–Crippen MR) is 77.0 cm³/mol. The molecule has 106 valence electrons. The Balaban J connectivity index is 2.20. The van der Waals surface area contributed by atoms with Crippen LogP contribution in [0.2, 0.25) is 0 Å². The number of carbonyl (C=O) groups excluding carboxylic acids is 1. The molecule has 2 aromatic rings. The van der Waals surface area contributed by atoms with Gasteiger partial charge < -0.3 is 10.3 Å². The van der Waals surface area contributed by atoms with E-state index in [2.05, 4.69) is 20.5 Å². The zero-order valence-corrected chi connectivity index (χ0v) is 12.0. The fourth-order valence-electron chi connectivity index (χ4n) is 1.70. The van der Waals surface area contributed by atoms with E-state index in [9.17, 15) is 9.59 Å². The minimum Gasteiger partial charge on any atom is -0.364 e. The molecule has 0 unspecified atom stereocenters. The van der Waals surface area contributed by atoms with E-state index in [0.717, 1.165) is 5.69 Å². The maximum absolute atomic E-state index is 12.0. The molecular weight excluding hydrogens is 256 g/mol. The van der Waals surface area contributed by atoms with Crippen LogP contribution in [0.4, 0.5) is 5.82 Å². The molecule has 6 nitrogen and oxygen atoms in total. The quantitative estimate of drug-likeness (QED) is 0.781. The maximum Gasteiger partial charge on any atom is 0.262 e. The summed E-state index contributed by atoms with van der Waals surface area (Å²) in [6.45, 7) is 7.87. The van der Waals surface area contributed by atoms with E-state index in [4.69, 9.17) is 0 Å². The van der Waals surface area contributed by atoms with Crippen LogP contribution in [0.15, 0.2) is 23.1 Å². The Morgan fingerprint density at radius 1 is 1.30 bits per heavy atom. The van der Waals surface area contributed by atoms with Gasteiger partial charge in [0.1, 0.15) is 5.56 Å². The van der Waals surface area contributed by atoms with E-state index >= 15 is 0 Å². The molecule has 3 N–H and O–H groups in total. The van der Waals surface area contributed by atoms with Gasteiger partial charge in [0.25, 0.3) is 5.91 Å². The van der Waals surface area contributed by atoms with E-state index in [0.29, 0.717) is 11.5 Å². The van der Waals surface area contributed by atoms with Crippen molar-refractivity contribution in [1.29, 1.82) is 0 Å². The molecule has 0 saturated heterocycles. The van der Waals surface area contributed by atoms with E-state index < -0.39 is 5.91 Å². The van der Waals surface area contributed by atoms with Gasteiger partial charge in [-0.15, -0.1) is 0 Å². The summed E-state index contributed by atoms with van der Waals surface area (Å²) in [5.74, 6) is -0.0712. The lowest BCUT2D eigenvalue weighted by Crippen LogP contribution is -2.21. The average molecular weight is 274 g/mol. The average Bonchev–Trinajstić information content (AvgIpc) is 2.76. The summed E-state index contributed by atoms with van der Waals surface area (Å²) < 4.78 is 0. The number of nitrogens with one attached hydrogen (secondary N) is 3. The molecule has 0 bridgehead atoms. The SMILES string of the molecule is Cc1cc(=O)c(C(=O)Nc2cc(C(C)(C)C)[nH]n2)c[nH]1. The van der Waals surface area contributed by atoms with Crippen LogP contribution in [-0.4, -0.2) is 21.1 Å². The van der Waals surface area contributed by atoms with Crippen LogP contribution in [0.3, 0.4) is 0 Å². The Hall–Kier alpha value is -2.37. The van der Waals surface area contributed by atoms with Gasteiger partial charge in [0.05, 0.1) is 0 Å². The molecular formula is C14H18N4O2. The van der Waals surface area contributed by atoms with Crippen LogP contribution in [0.5, 0.6) is 0 Å². The Morgan fingerprint density at radius 2 is 2.00 bits per heavy atom. The number of aryl methyl sites for hydroxylation is 1. The van der Waals surface area contributed by atoms with Crippen LogP contribution in [0.1, 0.15) is 42.5 Å². The summed E-state index contributed by atoms with van der Waals surface area (Å²) in [5.41, 5.74) is 1.28. The first-order chi connectivity index (χ1) is 9.27. The summed E-state index contributed by atoms with van der Waals surface area (Å²) in [4.78, 5) is 26.6. The van der Waals surface area contributed by atoms with Gasteiger partial charge in [-0.3, -0.25) is 14.7 Å². The number of anilines is 1. The molecule has 0 fully saturated rings. The lowest BCUT2D eigenvalue weighted by atomic mass is 9.92. The Labute approximate surface area is 116 Å². The van der Waals surface area contributed by atoms with Gasteiger partial charge in [-0.25, -0.2) is 0 Å². The number of pyridine rings is 1. The number of hydrogen-bond donors (Lipinski definition) is 3. The molecule has 0 aliphatic rings. The fraction of sp³-hybridized carbons (Fsp3) is 0.357. The van der Waals surface area contributed by atoms with Gasteiger partial charge in [0.15, 0.2) is 11.2 Å². The molecule has 0 atom stereocenters. The van der Waals surface area contributed by atoms with Crippen molar-refractivity contribution in [3.8, 4) is 0 Å². The van der Waals surface area contributed by atoms with Gasteiger partial charge in [-0.2, -0.15) is 5.10 Å². The number of rotatable bonds is 2.